The Morgan fingerprint density at radius 3 is 2.67 bits per heavy atom. The van der Waals surface area contributed by atoms with Crippen LogP contribution in [0.5, 0.6) is 0 Å². The maximum Gasteiger partial charge on any atom is 0.237 e. The van der Waals surface area contributed by atoms with Gasteiger partial charge < -0.3 is 10.6 Å². The molecule has 1 heterocycles. The standard InChI is InChI=1S/C10H17FN2O.ClH/c11-8-4-9(12-6-8)10(14)13-5-7-2-1-3-7;/h7-9,12H,1-6H2,(H,13,14);1H/t8-,9+;/m1./s1. The maximum absolute atomic E-state index is 12.8. The van der Waals surface area contributed by atoms with Crippen LogP contribution in [0.2, 0.25) is 0 Å². The number of carbonyl (C=O) groups is 1. The molecule has 1 aliphatic carbocycles. The molecule has 88 valence electrons. The molecule has 1 amide bonds. The fourth-order valence-electron chi connectivity index (χ4n) is 1.96. The van der Waals surface area contributed by atoms with Crippen molar-refractivity contribution in [2.24, 2.45) is 5.92 Å². The minimum Gasteiger partial charge on any atom is -0.354 e. The molecule has 2 atom stereocenters. The van der Waals surface area contributed by atoms with Crippen molar-refractivity contribution in [1.29, 1.82) is 0 Å². The van der Waals surface area contributed by atoms with Crippen molar-refractivity contribution in [3.8, 4) is 0 Å². The van der Waals surface area contributed by atoms with Crippen LogP contribution in [0.3, 0.4) is 0 Å². The summed E-state index contributed by atoms with van der Waals surface area (Å²) < 4.78 is 12.8. The molecule has 0 radical (unpaired) electrons. The van der Waals surface area contributed by atoms with E-state index in [1.807, 2.05) is 0 Å². The molecule has 3 nitrogen and oxygen atoms in total. The number of amides is 1. The zero-order chi connectivity index (χ0) is 9.97. The minimum absolute atomic E-state index is 0. The smallest absolute Gasteiger partial charge is 0.237 e. The van der Waals surface area contributed by atoms with E-state index in [1.165, 1.54) is 19.3 Å². The molecule has 2 N–H and O–H groups in total. The number of hydrogen-bond acceptors (Lipinski definition) is 2. The molecule has 1 saturated carbocycles. The Hall–Kier alpha value is -0.350. The van der Waals surface area contributed by atoms with Crippen LogP contribution in [0, 0.1) is 5.92 Å². The SMILES string of the molecule is Cl.O=C(NCC1CCC1)[C@@H]1C[C@@H](F)CN1. The van der Waals surface area contributed by atoms with E-state index in [-0.39, 0.29) is 24.4 Å². The first-order valence-corrected chi connectivity index (χ1v) is 5.41. The number of hydrogen-bond donors (Lipinski definition) is 2. The number of alkyl halides is 1. The van der Waals surface area contributed by atoms with Gasteiger partial charge in [-0.05, 0) is 18.8 Å². The number of nitrogens with one attached hydrogen (secondary N) is 2. The van der Waals surface area contributed by atoms with Crippen molar-refractivity contribution in [3.63, 3.8) is 0 Å². The summed E-state index contributed by atoms with van der Waals surface area (Å²) in [7, 11) is 0. The molecular weight excluding hydrogens is 219 g/mol. The van der Waals surface area contributed by atoms with E-state index < -0.39 is 6.17 Å². The quantitative estimate of drug-likeness (QED) is 0.769. The molecule has 5 heteroatoms. The van der Waals surface area contributed by atoms with E-state index in [4.69, 9.17) is 0 Å². The van der Waals surface area contributed by atoms with Crippen molar-refractivity contribution in [2.45, 2.75) is 37.9 Å². The van der Waals surface area contributed by atoms with E-state index >= 15 is 0 Å². The van der Waals surface area contributed by atoms with Crippen molar-refractivity contribution >= 4 is 18.3 Å². The van der Waals surface area contributed by atoms with Crippen LogP contribution in [0.25, 0.3) is 0 Å². The second-order valence-electron chi connectivity index (χ2n) is 4.34. The monoisotopic (exact) mass is 236 g/mol. The molecule has 0 unspecified atom stereocenters. The third-order valence-corrected chi connectivity index (χ3v) is 3.18. The molecule has 0 aromatic carbocycles. The highest BCUT2D eigenvalue weighted by molar-refractivity contribution is 5.85. The van der Waals surface area contributed by atoms with Gasteiger partial charge >= 0.3 is 0 Å². The van der Waals surface area contributed by atoms with Gasteiger partial charge in [0.15, 0.2) is 0 Å². The van der Waals surface area contributed by atoms with Gasteiger partial charge in [-0.2, -0.15) is 0 Å². The summed E-state index contributed by atoms with van der Waals surface area (Å²) in [5.41, 5.74) is 0. The Bertz CT molecular complexity index is 223. The van der Waals surface area contributed by atoms with Crippen LogP contribution in [0.4, 0.5) is 4.39 Å². The van der Waals surface area contributed by atoms with Crippen LogP contribution in [-0.4, -0.2) is 31.2 Å². The lowest BCUT2D eigenvalue weighted by atomic mass is 9.85. The second kappa shape index (κ2) is 5.66. The lowest BCUT2D eigenvalue weighted by Crippen LogP contribution is -2.43. The second-order valence-corrected chi connectivity index (χ2v) is 4.34. The highest BCUT2D eigenvalue weighted by atomic mass is 35.5. The largest absolute Gasteiger partial charge is 0.354 e. The predicted molar refractivity (Wildman–Crippen MR) is 58.9 cm³/mol. The Balaban J connectivity index is 0.00000112. The van der Waals surface area contributed by atoms with Crippen molar-refractivity contribution in [2.75, 3.05) is 13.1 Å². The summed E-state index contributed by atoms with van der Waals surface area (Å²) in [4.78, 5) is 11.5. The molecule has 0 spiro atoms. The van der Waals surface area contributed by atoms with Gasteiger partial charge in [-0.15, -0.1) is 12.4 Å². The van der Waals surface area contributed by atoms with Gasteiger partial charge in [-0.25, -0.2) is 4.39 Å². The topological polar surface area (TPSA) is 41.1 Å². The lowest BCUT2D eigenvalue weighted by molar-refractivity contribution is -0.123. The van der Waals surface area contributed by atoms with Gasteiger partial charge in [-0.3, -0.25) is 4.79 Å². The van der Waals surface area contributed by atoms with Gasteiger partial charge in [-0.1, -0.05) is 6.42 Å². The van der Waals surface area contributed by atoms with Crippen LogP contribution in [-0.2, 0) is 4.79 Å². The normalized spacial score (nSPS) is 30.5. The van der Waals surface area contributed by atoms with Crippen molar-refractivity contribution in [3.05, 3.63) is 0 Å². The van der Waals surface area contributed by atoms with Crippen LogP contribution in [0.1, 0.15) is 25.7 Å². The summed E-state index contributed by atoms with van der Waals surface area (Å²) in [6.07, 6.45) is 3.22. The van der Waals surface area contributed by atoms with E-state index in [1.54, 1.807) is 0 Å². The summed E-state index contributed by atoms with van der Waals surface area (Å²) >= 11 is 0. The number of halogens is 2. The van der Waals surface area contributed by atoms with Gasteiger partial charge in [0.25, 0.3) is 0 Å². The average Bonchev–Trinajstić information content (AvgIpc) is 2.49. The average molecular weight is 237 g/mol. The van der Waals surface area contributed by atoms with E-state index in [0.29, 0.717) is 18.9 Å². The minimum atomic E-state index is -0.852. The molecule has 0 bridgehead atoms. The van der Waals surface area contributed by atoms with E-state index in [0.717, 1.165) is 6.54 Å². The summed E-state index contributed by atoms with van der Waals surface area (Å²) in [6, 6.07) is -0.301. The summed E-state index contributed by atoms with van der Waals surface area (Å²) in [5, 5.41) is 5.76. The first-order valence-electron chi connectivity index (χ1n) is 5.41. The summed E-state index contributed by atoms with van der Waals surface area (Å²) in [6.45, 7) is 1.09. The fourth-order valence-corrected chi connectivity index (χ4v) is 1.96. The highest BCUT2D eigenvalue weighted by Gasteiger charge is 2.29. The molecule has 2 aliphatic rings. The molecule has 2 fully saturated rings. The molecule has 2 rings (SSSR count). The third kappa shape index (κ3) is 3.31. The van der Waals surface area contributed by atoms with Gasteiger partial charge in [0.1, 0.15) is 6.17 Å². The lowest BCUT2D eigenvalue weighted by Gasteiger charge is -2.26. The molecule has 1 saturated heterocycles. The van der Waals surface area contributed by atoms with Gasteiger partial charge in [0.2, 0.25) is 5.91 Å². The van der Waals surface area contributed by atoms with E-state index in [2.05, 4.69) is 10.6 Å². The maximum atomic E-state index is 12.8. The number of carbonyl (C=O) groups excluding carboxylic acids is 1. The zero-order valence-electron chi connectivity index (χ0n) is 8.67. The van der Waals surface area contributed by atoms with Gasteiger partial charge in [0.05, 0.1) is 6.04 Å². The molecule has 0 aromatic rings. The Morgan fingerprint density at radius 2 is 2.20 bits per heavy atom. The van der Waals surface area contributed by atoms with E-state index in [9.17, 15) is 9.18 Å². The summed E-state index contributed by atoms with van der Waals surface area (Å²) in [5.74, 6) is 0.638. The third-order valence-electron chi connectivity index (χ3n) is 3.18. The van der Waals surface area contributed by atoms with Crippen LogP contribution in [0.15, 0.2) is 0 Å². The molecule has 1 aliphatic heterocycles. The Kier molecular flexibility index (Phi) is 4.80. The molecule has 0 aromatic heterocycles. The van der Waals surface area contributed by atoms with Crippen LogP contribution >= 0.6 is 12.4 Å². The van der Waals surface area contributed by atoms with Gasteiger partial charge in [0, 0.05) is 19.5 Å². The number of rotatable bonds is 3. The first-order chi connectivity index (χ1) is 6.75. The molecular formula is C10H18ClFN2O. The Labute approximate surface area is 95.6 Å². The molecule has 15 heavy (non-hydrogen) atoms. The zero-order valence-corrected chi connectivity index (χ0v) is 9.49. The highest BCUT2D eigenvalue weighted by Crippen LogP contribution is 2.25. The predicted octanol–water partition coefficient (Wildman–Crippen LogP) is 1.02. The Morgan fingerprint density at radius 1 is 1.47 bits per heavy atom. The van der Waals surface area contributed by atoms with Crippen LogP contribution < -0.4 is 10.6 Å². The fraction of sp³-hybridized carbons (Fsp3) is 0.900. The van der Waals surface area contributed by atoms with Crippen molar-refractivity contribution in [1.82, 2.24) is 10.6 Å². The van der Waals surface area contributed by atoms with Crippen molar-refractivity contribution < 1.29 is 9.18 Å². The first kappa shape index (κ1) is 12.7.